The average Bonchev–Trinajstić information content (AvgIpc) is 2.64. The molecule has 82 valence electrons. The van der Waals surface area contributed by atoms with Gasteiger partial charge >= 0.3 is 0 Å². The summed E-state index contributed by atoms with van der Waals surface area (Å²) in [5.41, 5.74) is 16.1. The van der Waals surface area contributed by atoms with Crippen molar-refractivity contribution in [2.24, 2.45) is 5.73 Å². The summed E-state index contributed by atoms with van der Waals surface area (Å²) in [6.07, 6.45) is 1.53. The molecule has 0 saturated heterocycles. The van der Waals surface area contributed by atoms with Gasteiger partial charge in [-0.3, -0.25) is 4.79 Å². The smallest absolute Gasteiger partial charge is 0.269 e. The Morgan fingerprint density at radius 2 is 2.06 bits per heavy atom. The lowest BCUT2D eigenvalue weighted by Gasteiger charge is -2.02. The van der Waals surface area contributed by atoms with Gasteiger partial charge in [0.25, 0.3) is 5.91 Å². The maximum absolute atomic E-state index is 10.8. The number of amides is 1. The van der Waals surface area contributed by atoms with E-state index in [0.717, 1.165) is 0 Å². The second-order valence-corrected chi connectivity index (χ2v) is 3.02. The topological polar surface area (TPSA) is 139 Å². The number of primary amides is 1. The van der Waals surface area contributed by atoms with Crippen molar-refractivity contribution in [2.45, 2.75) is 0 Å². The third-order valence-corrected chi connectivity index (χ3v) is 1.83. The van der Waals surface area contributed by atoms with E-state index < -0.39 is 5.91 Å². The summed E-state index contributed by atoms with van der Waals surface area (Å²) in [6, 6.07) is 2.95. The molecule has 0 fully saturated rings. The lowest BCUT2D eigenvalue weighted by atomic mass is 10.4. The second kappa shape index (κ2) is 3.50. The van der Waals surface area contributed by atoms with Gasteiger partial charge in [0.05, 0.1) is 0 Å². The molecule has 2 rings (SSSR count). The number of nitrogens with zero attached hydrogens (tertiary/aromatic N) is 4. The molecule has 0 aliphatic rings. The van der Waals surface area contributed by atoms with Crippen LogP contribution in [0.4, 0.5) is 11.8 Å². The van der Waals surface area contributed by atoms with E-state index in [4.69, 9.17) is 17.2 Å². The zero-order valence-corrected chi connectivity index (χ0v) is 8.16. The van der Waals surface area contributed by atoms with Gasteiger partial charge in [-0.15, -0.1) is 0 Å². The maximum atomic E-state index is 10.8. The highest BCUT2D eigenvalue weighted by Crippen LogP contribution is 2.09. The fraction of sp³-hybridized carbons (Fsp3) is 0. The molecule has 0 aliphatic heterocycles. The van der Waals surface area contributed by atoms with Gasteiger partial charge in [0.1, 0.15) is 11.5 Å². The summed E-state index contributed by atoms with van der Waals surface area (Å²) >= 11 is 0. The fourth-order valence-electron chi connectivity index (χ4n) is 1.17. The summed E-state index contributed by atoms with van der Waals surface area (Å²) in [7, 11) is 0. The lowest BCUT2D eigenvalue weighted by molar-refractivity contribution is 0.0995. The molecule has 0 radical (unpaired) electrons. The van der Waals surface area contributed by atoms with Crippen molar-refractivity contribution >= 4 is 17.7 Å². The average molecular weight is 219 g/mol. The summed E-state index contributed by atoms with van der Waals surface area (Å²) in [4.78, 5) is 18.5. The number of carbonyl (C=O) groups is 1. The predicted octanol–water partition coefficient (Wildman–Crippen LogP) is -1.07. The number of nitrogen functional groups attached to an aromatic ring is 2. The monoisotopic (exact) mass is 219 g/mol. The number of hydrogen-bond acceptors (Lipinski definition) is 6. The van der Waals surface area contributed by atoms with Crippen LogP contribution in [0, 0.1) is 0 Å². The minimum absolute atomic E-state index is 0.0334. The predicted molar refractivity (Wildman–Crippen MR) is 56.5 cm³/mol. The first-order valence-electron chi connectivity index (χ1n) is 4.32. The van der Waals surface area contributed by atoms with Crippen molar-refractivity contribution in [2.75, 3.05) is 11.5 Å². The van der Waals surface area contributed by atoms with Crippen LogP contribution < -0.4 is 17.2 Å². The Hall–Kier alpha value is -2.64. The first kappa shape index (κ1) is 9.90. The van der Waals surface area contributed by atoms with E-state index in [-0.39, 0.29) is 17.5 Å². The van der Waals surface area contributed by atoms with Gasteiger partial charge in [-0.1, -0.05) is 0 Å². The molecule has 2 aromatic heterocycles. The number of rotatable bonds is 2. The molecule has 0 aliphatic carbocycles. The highest BCUT2D eigenvalue weighted by molar-refractivity contribution is 5.90. The molecule has 0 bridgehead atoms. The molecule has 2 heterocycles. The summed E-state index contributed by atoms with van der Waals surface area (Å²) < 4.78 is 1.34. The number of aromatic nitrogens is 4. The van der Waals surface area contributed by atoms with Crippen molar-refractivity contribution in [1.29, 1.82) is 0 Å². The molecule has 8 nitrogen and oxygen atoms in total. The molecule has 0 saturated carbocycles. The van der Waals surface area contributed by atoms with Crippen LogP contribution in [0.1, 0.15) is 10.5 Å². The minimum Gasteiger partial charge on any atom is -0.383 e. The highest BCUT2D eigenvalue weighted by Gasteiger charge is 2.07. The van der Waals surface area contributed by atoms with Crippen LogP contribution in [-0.4, -0.2) is 25.7 Å². The fourth-order valence-corrected chi connectivity index (χ4v) is 1.17. The Morgan fingerprint density at radius 3 is 2.62 bits per heavy atom. The maximum Gasteiger partial charge on any atom is 0.269 e. The number of anilines is 2. The van der Waals surface area contributed by atoms with Crippen LogP contribution in [0.15, 0.2) is 18.3 Å². The van der Waals surface area contributed by atoms with Crippen LogP contribution >= 0.6 is 0 Å². The van der Waals surface area contributed by atoms with E-state index >= 15 is 0 Å². The van der Waals surface area contributed by atoms with Crippen molar-refractivity contribution < 1.29 is 4.79 Å². The molecule has 0 atom stereocenters. The Labute approximate surface area is 90.1 Å². The molecule has 2 aromatic rings. The largest absolute Gasteiger partial charge is 0.383 e. The molecule has 0 spiro atoms. The van der Waals surface area contributed by atoms with Crippen molar-refractivity contribution in [1.82, 2.24) is 19.7 Å². The van der Waals surface area contributed by atoms with Crippen LogP contribution in [0.25, 0.3) is 5.82 Å². The number of carbonyl (C=O) groups excluding carboxylic acids is 1. The van der Waals surface area contributed by atoms with Crippen molar-refractivity contribution in [3.05, 3.63) is 24.0 Å². The van der Waals surface area contributed by atoms with Crippen molar-refractivity contribution in [3.8, 4) is 5.82 Å². The van der Waals surface area contributed by atoms with Gasteiger partial charge in [-0.25, -0.2) is 4.68 Å². The van der Waals surface area contributed by atoms with Gasteiger partial charge in [0.15, 0.2) is 5.82 Å². The minimum atomic E-state index is -0.617. The summed E-state index contributed by atoms with van der Waals surface area (Å²) in [5, 5.41) is 3.90. The van der Waals surface area contributed by atoms with E-state index in [2.05, 4.69) is 15.1 Å². The Balaban J connectivity index is 2.46. The summed E-state index contributed by atoms with van der Waals surface area (Å²) in [5.74, 6) is 0.0102. The molecule has 16 heavy (non-hydrogen) atoms. The van der Waals surface area contributed by atoms with Gasteiger partial charge in [-0.2, -0.15) is 15.1 Å². The van der Waals surface area contributed by atoms with Crippen LogP contribution in [-0.2, 0) is 0 Å². The molecular formula is C8H9N7O. The molecular weight excluding hydrogens is 210 g/mol. The normalized spacial score (nSPS) is 10.2. The van der Waals surface area contributed by atoms with Gasteiger partial charge < -0.3 is 17.2 Å². The molecule has 0 aromatic carbocycles. The van der Waals surface area contributed by atoms with E-state index in [0.29, 0.717) is 5.82 Å². The lowest BCUT2D eigenvalue weighted by Crippen LogP contribution is -2.12. The first-order valence-corrected chi connectivity index (χ1v) is 4.32. The van der Waals surface area contributed by atoms with E-state index in [1.54, 1.807) is 0 Å². The molecule has 0 unspecified atom stereocenters. The Kier molecular flexibility index (Phi) is 2.16. The number of hydrogen-bond donors (Lipinski definition) is 3. The van der Waals surface area contributed by atoms with Crippen LogP contribution in [0.3, 0.4) is 0 Å². The zero-order valence-electron chi connectivity index (χ0n) is 8.16. The Bertz CT molecular complexity index is 527. The SMILES string of the molecule is NC(=O)c1ccn(-c2cc(N)nc(N)n2)n1. The van der Waals surface area contributed by atoms with Crippen LogP contribution in [0.2, 0.25) is 0 Å². The van der Waals surface area contributed by atoms with E-state index in [1.165, 1.54) is 23.0 Å². The van der Waals surface area contributed by atoms with E-state index in [9.17, 15) is 4.79 Å². The molecule has 8 heteroatoms. The molecule has 1 amide bonds. The van der Waals surface area contributed by atoms with Crippen molar-refractivity contribution in [3.63, 3.8) is 0 Å². The quantitative estimate of drug-likeness (QED) is 0.587. The standard InChI is InChI=1S/C8H9N7O/c9-5-3-6(13-8(11)12-5)15-2-1-4(14-15)7(10)16/h1-3H,(H2,10,16)(H4,9,11,12,13). The third-order valence-electron chi connectivity index (χ3n) is 1.83. The highest BCUT2D eigenvalue weighted by atomic mass is 16.1. The van der Waals surface area contributed by atoms with E-state index in [1.807, 2.05) is 0 Å². The van der Waals surface area contributed by atoms with Gasteiger partial charge in [0.2, 0.25) is 5.95 Å². The summed E-state index contributed by atoms with van der Waals surface area (Å²) in [6.45, 7) is 0. The van der Waals surface area contributed by atoms with Gasteiger partial charge in [-0.05, 0) is 6.07 Å². The molecule has 6 N–H and O–H groups in total. The zero-order chi connectivity index (χ0) is 11.7. The Morgan fingerprint density at radius 1 is 1.31 bits per heavy atom. The third kappa shape index (κ3) is 1.75. The van der Waals surface area contributed by atoms with Crippen LogP contribution in [0.5, 0.6) is 0 Å². The number of nitrogens with two attached hydrogens (primary N) is 3. The first-order chi connectivity index (χ1) is 7.56. The van der Waals surface area contributed by atoms with Gasteiger partial charge in [0, 0.05) is 12.3 Å². The second-order valence-electron chi connectivity index (χ2n) is 3.02.